The summed E-state index contributed by atoms with van der Waals surface area (Å²) in [5, 5.41) is 7.92. The number of halogens is 3. The van der Waals surface area contributed by atoms with Crippen LogP contribution in [0, 0.1) is 6.92 Å². The number of rotatable bonds is 2. The second-order valence-electron chi connectivity index (χ2n) is 6.15. The van der Waals surface area contributed by atoms with E-state index in [1.54, 1.807) is 4.52 Å². The maximum atomic E-state index is 12.8. The Bertz CT molecular complexity index is 898. The summed E-state index contributed by atoms with van der Waals surface area (Å²) in [5.41, 5.74) is -0.0425. The fourth-order valence-corrected chi connectivity index (χ4v) is 3.21. The quantitative estimate of drug-likeness (QED) is 0.710. The van der Waals surface area contributed by atoms with Gasteiger partial charge in [0.15, 0.2) is 5.69 Å². The van der Waals surface area contributed by atoms with Crippen LogP contribution in [0.3, 0.4) is 0 Å². The lowest BCUT2D eigenvalue weighted by molar-refractivity contribution is -0.141. The fourth-order valence-electron chi connectivity index (χ4n) is 3.21. The zero-order chi connectivity index (χ0) is 17.6. The molecule has 10 heteroatoms. The molecule has 1 aliphatic rings. The van der Waals surface area contributed by atoms with Crippen LogP contribution in [-0.4, -0.2) is 42.5 Å². The van der Waals surface area contributed by atoms with Gasteiger partial charge < -0.3 is 4.90 Å². The normalized spacial score (nSPS) is 18.9. The lowest BCUT2D eigenvalue weighted by atomic mass is 10.1. The Morgan fingerprint density at radius 2 is 2.12 bits per heavy atom. The molecule has 0 amide bonds. The third-order valence-corrected chi connectivity index (χ3v) is 4.35. The molecule has 0 spiro atoms. The van der Waals surface area contributed by atoms with Gasteiger partial charge in [0.05, 0.1) is 6.04 Å². The molecule has 0 N–H and O–H groups in total. The van der Waals surface area contributed by atoms with Crippen LogP contribution >= 0.6 is 0 Å². The summed E-state index contributed by atoms with van der Waals surface area (Å²) in [6.07, 6.45) is 0.0495. The van der Waals surface area contributed by atoms with Crippen LogP contribution in [0.25, 0.3) is 5.78 Å². The standard InChI is InChI=1S/C15H16F3N7/c1-10-7-13(25-14(21-10)19-9-20-25)23-5-2-3-11(8-23)24-6-4-12(22-24)15(16,17)18/h4,6-7,9,11H,2-3,5,8H2,1H3. The van der Waals surface area contributed by atoms with Gasteiger partial charge in [0, 0.05) is 31.0 Å². The third kappa shape index (κ3) is 2.92. The Kier molecular flexibility index (Phi) is 3.62. The number of aromatic nitrogens is 6. The summed E-state index contributed by atoms with van der Waals surface area (Å²) in [5.74, 6) is 1.35. The molecule has 132 valence electrons. The molecule has 1 aliphatic heterocycles. The van der Waals surface area contributed by atoms with Gasteiger partial charge >= 0.3 is 6.18 Å². The zero-order valence-electron chi connectivity index (χ0n) is 13.5. The van der Waals surface area contributed by atoms with Gasteiger partial charge in [-0.1, -0.05) is 0 Å². The average Bonchev–Trinajstić information content (AvgIpc) is 3.23. The lowest BCUT2D eigenvalue weighted by Gasteiger charge is -2.34. The van der Waals surface area contributed by atoms with Crippen molar-refractivity contribution >= 4 is 11.6 Å². The summed E-state index contributed by atoms with van der Waals surface area (Å²) < 4.78 is 41.4. The first-order valence-corrected chi connectivity index (χ1v) is 7.96. The smallest absolute Gasteiger partial charge is 0.354 e. The predicted octanol–water partition coefficient (Wildman–Crippen LogP) is 2.49. The summed E-state index contributed by atoms with van der Waals surface area (Å²) in [6, 6.07) is 2.80. The number of fused-ring (bicyclic) bond motifs is 1. The van der Waals surface area contributed by atoms with Crippen molar-refractivity contribution in [2.24, 2.45) is 0 Å². The molecule has 0 aliphatic carbocycles. The number of alkyl halides is 3. The topological polar surface area (TPSA) is 64.1 Å². The van der Waals surface area contributed by atoms with E-state index in [1.165, 1.54) is 17.2 Å². The van der Waals surface area contributed by atoms with E-state index in [0.717, 1.165) is 37.0 Å². The summed E-state index contributed by atoms with van der Waals surface area (Å²) in [7, 11) is 0. The molecule has 1 atom stereocenters. The maximum absolute atomic E-state index is 12.8. The minimum Gasteiger partial charge on any atom is -0.354 e. The summed E-state index contributed by atoms with van der Waals surface area (Å²) >= 11 is 0. The Morgan fingerprint density at radius 1 is 1.28 bits per heavy atom. The van der Waals surface area contributed by atoms with Gasteiger partial charge in [0.25, 0.3) is 5.78 Å². The van der Waals surface area contributed by atoms with Crippen LogP contribution < -0.4 is 4.90 Å². The molecular weight excluding hydrogens is 335 g/mol. The van der Waals surface area contributed by atoms with Crippen LogP contribution in [-0.2, 0) is 6.18 Å². The number of hydrogen-bond acceptors (Lipinski definition) is 5. The molecule has 7 nitrogen and oxygen atoms in total. The second kappa shape index (κ2) is 5.71. The van der Waals surface area contributed by atoms with E-state index in [-0.39, 0.29) is 6.04 Å². The number of nitrogens with zero attached hydrogens (tertiary/aromatic N) is 7. The fraction of sp³-hybridized carbons (Fsp3) is 0.467. The van der Waals surface area contributed by atoms with E-state index >= 15 is 0 Å². The third-order valence-electron chi connectivity index (χ3n) is 4.35. The Balaban J connectivity index is 1.62. The highest BCUT2D eigenvalue weighted by molar-refractivity contribution is 5.47. The van der Waals surface area contributed by atoms with Gasteiger partial charge in [0.2, 0.25) is 0 Å². The molecule has 0 bridgehead atoms. The number of anilines is 1. The van der Waals surface area contributed by atoms with Crippen molar-refractivity contribution in [3.8, 4) is 0 Å². The highest BCUT2D eigenvalue weighted by Gasteiger charge is 2.34. The monoisotopic (exact) mass is 351 g/mol. The SMILES string of the molecule is Cc1cc(N2CCCC(n3ccc(C(F)(F)F)n3)C2)n2ncnc2n1. The molecule has 4 heterocycles. The first-order chi connectivity index (χ1) is 11.9. The first kappa shape index (κ1) is 15.9. The van der Waals surface area contributed by atoms with Crippen molar-refractivity contribution in [2.45, 2.75) is 32.0 Å². The van der Waals surface area contributed by atoms with Crippen LogP contribution in [0.1, 0.15) is 30.3 Å². The molecule has 0 aromatic carbocycles. The van der Waals surface area contributed by atoms with Gasteiger partial charge in [-0.05, 0) is 25.8 Å². The van der Waals surface area contributed by atoms with Crippen LogP contribution in [0.2, 0.25) is 0 Å². The van der Waals surface area contributed by atoms with Crippen LogP contribution in [0.4, 0.5) is 19.0 Å². The number of aryl methyl sites for hydroxylation is 1. The lowest BCUT2D eigenvalue weighted by Crippen LogP contribution is -2.38. The zero-order valence-corrected chi connectivity index (χ0v) is 13.5. The van der Waals surface area contributed by atoms with E-state index in [4.69, 9.17) is 0 Å². The highest BCUT2D eigenvalue weighted by atomic mass is 19.4. The van der Waals surface area contributed by atoms with Crippen molar-refractivity contribution < 1.29 is 13.2 Å². The molecule has 25 heavy (non-hydrogen) atoms. The average molecular weight is 351 g/mol. The van der Waals surface area contributed by atoms with Crippen molar-refractivity contribution in [3.63, 3.8) is 0 Å². The number of piperidine rings is 1. The van der Waals surface area contributed by atoms with Gasteiger partial charge in [-0.2, -0.15) is 32.9 Å². The van der Waals surface area contributed by atoms with E-state index in [1.807, 2.05) is 13.0 Å². The van der Waals surface area contributed by atoms with Crippen molar-refractivity contribution in [1.29, 1.82) is 0 Å². The van der Waals surface area contributed by atoms with Gasteiger partial charge in [-0.25, -0.2) is 4.98 Å². The molecule has 3 aromatic heterocycles. The molecule has 1 unspecified atom stereocenters. The van der Waals surface area contributed by atoms with Gasteiger partial charge in [0.1, 0.15) is 12.1 Å². The molecule has 0 saturated carbocycles. The molecule has 0 radical (unpaired) electrons. The molecule has 1 fully saturated rings. The van der Waals surface area contributed by atoms with E-state index in [0.29, 0.717) is 12.3 Å². The largest absolute Gasteiger partial charge is 0.435 e. The van der Waals surface area contributed by atoms with Crippen molar-refractivity contribution in [1.82, 2.24) is 29.4 Å². The molecule has 4 rings (SSSR count). The Hall–Kier alpha value is -2.65. The number of hydrogen-bond donors (Lipinski definition) is 0. The predicted molar refractivity (Wildman–Crippen MR) is 83.2 cm³/mol. The van der Waals surface area contributed by atoms with Gasteiger partial charge in [-0.15, -0.1) is 0 Å². The van der Waals surface area contributed by atoms with Gasteiger partial charge in [-0.3, -0.25) is 4.68 Å². The summed E-state index contributed by atoms with van der Waals surface area (Å²) in [6.45, 7) is 3.22. The van der Waals surface area contributed by atoms with E-state index < -0.39 is 11.9 Å². The van der Waals surface area contributed by atoms with Crippen molar-refractivity contribution in [2.75, 3.05) is 18.0 Å². The minimum absolute atomic E-state index is 0.128. The Labute approximate surface area is 141 Å². The Morgan fingerprint density at radius 3 is 2.88 bits per heavy atom. The van der Waals surface area contributed by atoms with Crippen LogP contribution in [0.5, 0.6) is 0 Å². The molecule has 3 aromatic rings. The molecular formula is C15H16F3N7. The van der Waals surface area contributed by atoms with Crippen LogP contribution in [0.15, 0.2) is 24.7 Å². The van der Waals surface area contributed by atoms with Crippen molar-refractivity contribution in [3.05, 3.63) is 36.0 Å². The first-order valence-electron chi connectivity index (χ1n) is 7.96. The van der Waals surface area contributed by atoms with E-state index in [2.05, 4.69) is 25.1 Å². The molecule has 1 saturated heterocycles. The maximum Gasteiger partial charge on any atom is 0.435 e. The summed E-state index contributed by atoms with van der Waals surface area (Å²) in [4.78, 5) is 10.5. The minimum atomic E-state index is -4.42. The highest BCUT2D eigenvalue weighted by Crippen LogP contribution is 2.30. The second-order valence-corrected chi connectivity index (χ2v) is 6.15. The van der Waals surface area contributed by atoms with E-state index in [9.17, 15) is 13.2 Å².